The van der Waals surface area contributed by atoms with E-state index in [4.69, 9.17) is 19.5 Å². The predicted molar refractivity (Wildman–Crippen MR) is 92.1 cm³/mol. The van der Waals surface area contributed by atoms with Gasteiger partial charge in [-0.2, -0.15) is 5.26 Å². The average molecular weight is 397 g/mol. The topological polar surface area (TPSA) is 71.8 Å². The van der Waals surface area contributed by atoms with Gasteiger partial charge in [0.25, 0.3) is 5.91 Å². The van der Waals surface area contributed by atoms with E-state index in [-0.39, 0.29) is 24.7 Å². The molecule has 1 saturated heterocycles. The van der Waals surface area contributed by atoms with Crippen molar-refractivity contribution in [3.63, 3.8) is 0 Å². The number of carbonyl (C=O) groups excluding carboxylic acids is 1. The Bertz CT molecular complexity index is 634. The van der Waals surface area contributed by atoms with Gasteiger partial charge in [0.15, 0.2) is 18.1 Å². The van der Waals surface area contributed by atoms with Gasteiger partial charge < -0.3 is 19.1 Å². The fourth-order valence-corrected chi connectivity index (χ4v) is 3.20. The number of rotatable bonds is 5. The maximum absolute atomic E-state index is 12.4. The van der Waals surface area contributed by atoms with Gasteiger partial charge in [0.1, 0.15) is 0 Å². The monoisotopic (exact) mass is 396 g/mol. The lowest BCUT2D eigenvalue weighted by molar-refractivity contribution is -0.145. The summed E-state index contributed by atoms with van der Waals surface area (Å²) in [4.78, 5) is 14.1. The van der Waals surface area contributed by atoms with Crippen LogP contribution in [0.2, 0.25) is 0 Å². The highest BCUT2D eigenvalue weighted by Crippen LogP contribution is 2.36. The Labute approximate surface area is 150 Å². The third-order valence-corrected chi connectivity index (χ3v) is 4.14. The first-order valence-corrected chi connectivity index (χ1v) is 8.66. The standard InChI is InChI=1S/C17H21BrN2O4/c1-4-22-15-6-13(7-19)5-14(18)17(15)23-10-16(21)20-8-11(2)24-12(3)9-20/h5-6,11-12H,4,8-10H2,1-3H3. The van der Waals surface area contributed by atoms with Gasteiger partial charge in [-0.25, -0.2) is 0 Å². The molecule has 1 amide bonds. The summed E-state index contributed by atoms with van der Waals surface area (Å²) in [6, 6.07) is 5.31. The molecule has 1 aliphatic rings. The molecule has 0 bridgehead atoms. The number of hydrogen-bond acceptors (Lipinski definition) is 5. The number of nitriles is 1. The van der Waals surface area contributed by atoms with Gasteiger partial charge in [-0.15, -0.1) is 0 Å². The van der Waals surface area contributed by atoms with Crippen LogP contribution in [0, 0.1) is 11.3 Å². The summed E-state index contributed by atoms with van der Waals surface area (Å²) in [5, 5.41) is 9.04. The van der Waals surface area contributed by atoms with Crippen molar-refractivity contribution < 1.29 is 19.0 Å². The van der Waals surface area contributed by atoms with E-state index < -0.39 is 0 Å². The van der Waals surface area contributed by atoms with Gasteiger partial charge in [0.05, 0.1) is 34.9 Å². The van der Waals surface area contributed by atoms with E-state index in [1.807, 2.05) is 20.8 Å². The molecule has 1 fully saturated rings. The Morgan fingerprint density at radius 2 is 2.04 bits per heavy atom. The normalized spacial score (nSPS) is 20.4. The molecular formula is C17H21BrN2O4. The molecule has 1 heterocycles. The molecule has 1 aromatic carbocycles. The number of amides is 1. The first-order chi connectivity index (χ1) is 11.4. The third kappa shape index (κ3) is 4.62. The quantitative estimate of drug-likeness (QED) is 0.764. The fraction of sp³-hybridized carbons (Fsp3) is 0.529. The van der Waals surface area contributed by atoms with Crippen molar-refractivity contribution in [1.29, 1.82) is 5.26 Å². The molecule has 0 aromatic heterocycles. The molecule has 0 aliphatic carbocycles. The van der Waals surface area contributed by atoms with Gasteiger partial charge in [-0.1, -0.05) is 0 Å². The van der Waals surface area contributed by atoms with E-state index in [0.29, 0.717) is 41.2 Å². The van der Waals surface area contributed by atoms with Gasteiger partial charge in [-0.05, 0) is 42.8 Å². The zero-order valence-electron chi connectivity index (χ0n) is 14.0. The van der Waals surface area contributed by atoms with Crippen LogP contribution in [0.1, 0.15) is 26.3 Å². The van der Waals surface area contributed by atoms with Crippen molar-refractivity contribution in [3.8, 4) is 17.6 Å². The van der Waals surface area contributed by atoms with Crippen molar-refractivity contribution in [3.05, 3.63) is 22.2 Å². The Morgan fingerprint density at radius 3 is 2.62 bits per heavy atom. The molecule has 24 heavy (non-hydrogen) atoms. The highest BCUT2D eigenvalue weighted by Gasteiger charge is 2.26. The molecule has 130 valence electrons. The largest absolute Gasteiger partial charge is 0.490 e. The summed E-state index contributed by atoms with van der Waals surface area (Å²) < 4.78 is 17.4. The number of ether oxygens (including phenoxy) is 3. The van der Waals surface area contributed by atoms with Crippen LogP contribution >= 0.6 is 15.9 Å². The van der Waals surface area contributed by atoms with Crippen LogP contribution in [0.3, 0.4) is 0 Å². The van der Waals surface area contributed by atoms with Crippen LogP contribution in [0.5, 0.6) is 11.5 Å². The number of nitrogens with zero attached hydrogens (tertiary/aromatic N) is 2. The number of morpholine rings is 1. The highest BCUT2D eigenvalue weighted by atomic mass is 79.9. The molecule has 0 spiro atoms. The van der Waals surface area contributed by atoms with E-state index >= 15 is 0 Å². The van der Waals surface area contributed by atoms with Crippen molar-refractivity contribution >= 4 is 21.8 Å². The molecule has 6 nitrogen and oxygen atoms in total. The molecule has 2 atom stereocenters. The first kappa shape index (κ1) is 18.6. The Kier molecular flexibility index (Phi) is 6.46. The maximum atomic E-state index is 12.4. The van der Waals surface area contributed by atoms with Crippen LogP contribution in [-0.2, 0) is 9.53 Å². The maximum Gasteiger partial charge on any atom is 0.260 e. The smallest absolute Gasteiger partial charge is 0.260 e. The van der Waals surface area contributed by atoms with Gasteiger partial charge >= 0.3 is 0 Å². The lowest BCUT2D eigenvalue weighted by Crippen LogP contribution is -2.49. The molecule has 0 radical (unpaired) electrons. The summed E-state index contributed by atoms with van der Waals surface area (Å²) in [5.41, 5.74) is 0.458. The summed E-state index contributed by atoms with van der Waals surface area (Å²) in [7, 11) is 0. The van der Waals surface area contributed by atoms with Crippen molar-refractivity contribution in [2.24, 2.45) is 0 Å². The highest BCUT2D eigenvalue weighted by molar-refractivity contribution is 9.10. The van der Waals surface area contributed by atoms with Crippen molar-refractivity contribution in [2.45, 2.75) is 33.0 Å². The van der Waals surface area contributed by atoms with Gasteiger partial charge in [0, 0.05) is 19.2 Å². The average Bonchev–Trinajstić information content (AvgIpc) is 2.52. The third-order valence-electron chi connectivity index (χ3n) is 3.55. The first-order valence-electron chi connectivity index (χ1n) is 7.87. The van der Waals surface area contributed by atoms with E-state index in [0.717, 1.165) is 0 Å². The van der Waals surface area contributed by atoms with E-state index in [1.54, 1.807) is 17.0 Å². The lowest BCUT2D eigenvalue weighted by Gasteiger charge is -2.35. The molecule has 0 N–H and O–H groups in total. The minimum atomic E-state index is -0.101. The van der Waals surface area contributed by atoms with Gasteiger partial charge in [-0.3, -0.25) is 4.79 Å². The zero-order valence-corrected chi connectivity index (χ0v) is 15.6. The van der Waals surface area contributed by atoms with Crippen molar-refractivity contribution in [1.82, 2.24) is 4.90 Å². The summed E-state index contributed by atoms with van der Waals surface area (Å²) in [6.45, 7) is 7.19. The molecular weight excluding hydrogens is 376 g/mol. The SMILES string of the molecule is CCOc1cc(C#N)cc(Br)c1OCC(=O)N1CC(C)OC(C)C1. The van der Waals surface area contributed by atoms with E-state index in [2.05, 4.69) is 22.0 Å². The summed E-state index contributed by atoms with van der Waals surface area (Å²) in [5.74, 6) is 0.772. The number of carbonyl (C=O) groups is 1. The summed E-state index contributed by atoms with van der Waals surface area (Å²) in [6.07, 6.45) is 0.0247. The predicted octanol–water partition coefficient (Wildman–Crippen LogP) is 2.73. The zero-order chi connectivity index (χ0) is 17.7. The molecule has 1 aliphatic heterocycles. The second-order valence-electron chi connectivity index (χ2n) is 5.67. The van der Waals surface area contributed by atoms with Crippen LogP contribution in [0.15, 0.2) is 16.6 Å². The minimum Gasteiger partial charge on any atom is -0.490 e. The molecule has 0 saturated carbocycles. The minimum absolute atomic E-state index is 0.0123. The van der Waals surface area contributed by atoms with Crippen molar-refractivity contribution in [2.75, 3.05) is 26.3 Å². The molecule has 7 heteroatoms. The lowest BCUT2D eigenvalue weighted by atomic mass is 10.2. The second-order valence-corrected chi connectivity index (χ2v) is 6.53. The molecule has 2 unspecified atom stereocenters. The number of benzene rings is 1. The Morgan fingerprint density at radius 1 is 1.38 bits per heavy atom. The van der Waals surface area contributed by atoms with Crippen LogP contribution in [0.25, 0.3) is 0 Å². The second kappa shape index (κ2) is 8.36. The van der Waals surface area contributed by atoms with Crippen LogP contribution in [0.4, 0.5) is 0 Å². The van der Waals surface area contributed by atoms with E-state index in [9.17, 15) is 4.79 Å². The van der Waals surface area contributed by atoms with Gasteiger partial charge in [0.2, 0.25) is 0 Å². The summed E-state index contributed by atoms with van der Waals surface area (Å²) >= 11 is 3.37. The van der Waals surface area contributed by atoms with E-state index in [1.165, 1.54) is 0 Å². The number of hydrogen-bond donors (Lipinski definition) is 0. The fourth-order valence-electron chi connectivity index (χ4n) is 2.64. The van der Waals surface area contributed by atoms with Crippen LogP contribution < -0.4 is 9.47 Å². The Balaban J connectivity index is 2.08. The molecule has 1 aromatic rings. The number of halogens is 1. The van der Waals surface area contributed by atoms with Crippen LogP contribution in [-0.4, -0.2) is 49.3 Å². The molecule has 2 rings (SSSR count). The Hall–Kier alpha value is -1.78.